The molecule has 5 nitrogen and oxygen atoms in total. The zero-order chi connectivity index (χ0) is 18.4. The number of ether oxygens (including phenoxy) is 2. The predicted octanol–water partition coefficient (Wildman–Crippen LogP) is 3.62. The van der Waals surface area contributed by atoms with Gasteiger partial charge >= 0.3 is 5.97 Å². The molecule has 26 heavy (non-hydrogen) atoms. The van der Waals surface area contributed by atoms with Gasteiger partial charge in [0.15, 0.2) is 0 Å². The molecule has 2 aliphatic heterocycles. The van der Waals surface area contributed by atoms with Crippen molar-refractivity contribution in [3.05, 3.63) is 36.4 Å². The Morgan fingerprint density at radius 2 is 2.31 bits per heavy atom. The van der Waals surface area contributed by atoms with E-state index in [9.17, 15) is 4.79 Å². The van der Waals surface area contributed by atoms with Gasteiger partial charge in [-0.15, -0.1) is 6.58 Å². The topological polar surface area (TPSA) is 59.0 Å². The van der Waals surface area contributed by atoms with Gasteiger partial charge in [0.2, 0.25) is 0 Å². The van der Waals surface area contributed by atoms with Crippen LogP contribution in [0.1, 0.15) is 44.1 Å². The number of fused-ring (bicyclic) bond motifs is 2. The number of hydrogen-bond acceptors (Lipinski definition) is 4. The molecule has 0 saturated carbocycles. The number of carbonyl (C=O) groups is 1. The average Bonchev–Trinajstić information content (AvgIpc) is 2.97. The smallest absolute Gasteiger partial charge is 0.304 e. The van der Waals surface area contributed by atoms with Crippen molar-refractivity contribution in [2.75, 3.05) is 32.8 Å². The second-order valence-corrected chi connectivity index (χ2v) is 7.38. The van der Waals surface area contributed by atoms with Crippen LogP contribution in [0, 0.1) is 0 Å². The van der Waals surface area contributed by atoms with E-state index >= 15 is 0 Å². The van der Waals surface area contributed by atoms with Gasteiger partial charge in [-0.3, -0.25) is 4.79 Å². The zero-order valence-corrected chi connectivity index (χ0v) is 15.4. The summed E-state index contributed by atoms with van der Waals surface area (Å²) in [4.78, 5) is 13.1. The Morgan fingerprint density at radius 1 is 1.42 bits per heavy atom. The van der Waals surface area contributed by atoms with Crippen molar-refractivity contribution in [3.63, 3.8) is 0 Å². The third kappa shape index (κ3) is 4.39. The first-order valence-corrected chi connectivity index (χ1v) is 9.58. The van der Waals surface area contributed by atoms with Gasteiger partial charge in [0, 0.05) is 30.1 Å². The lowest BCUT2D eigenvalue weighted by Crippen LogP contribution is -2.47. The number of aliphatic carboxylic acids is 1. The number of benzene rings is 1. The first-order valence-electron chi connectivity index (χ1n) is 9.58. The minimum Gasteiger partial charge on any atom is -0.493 e. The minimum atomic E-state index is -0.734. The first kappa shape index (κ1) is 18.8. The third-order valence-corrected chi connectivity index (χ3v) is 5.40. The van der Waals surface area contributed by atoms with Crippen LogP contribution >= 0.6 is 0 Å². The van der Waals surface area contributed by atoms with Gasteiger partial charge in [0.25, 0.3) is 0 Å². The van der Waals surface area contributed by atoms with Crippen LogP contribution in [0.5, 0.6) is 11.5 Å². The summed E-state index contributed by atoms with van der Waals surface area (Å²) in [5, 5.41) is 8.94. The molecule has 142 valence electrons. The van der Waals surface area contributed by atoms with Crippen molar-refractivity contribution < 1.29 is 19.4 Å². The third-order valence-electron chi connectivity index (χ3n) is 5.40. The van der Waals surface area contributed by atoms with Crippen LogP contribution in [0.2, 0.25) is 0 Å². The number of carboxylic acids is 1. The van der Waals surface area contributed by atoms with Gasteiger partial charge < -0.3 is 19.5 Å². The van der Waals surface area contributed by atoms with Crippen molar-refractivity contribution in [1.82, 2.24) is 4.90 Å². The van der Waals surface area contributed by atoms with Crippen LogP contribution in [-0.2, 0) is 10.2 Å². The lowest BCUT2D eigenvalue weighted by molar-refractivity contribution is -0.137. The largest absolute Gasteiger partial charge is 0.493 e. The Morgan fingerprint density at radius 3 is 3.12 bits per heavy atom. The normalized spacial score (nSPS) is 22.0. The number of piperidine rings is 1. The lowest BCUT2D eigenvalue weighted by Gasteiger charge is -2.39. The fourth-order valence-corrected chi connectivity index (χ4v) is 4.03. The molecular weight excluding hydrogens is 330 g/mol. The van der Waals surface area contributed by atoms with Crippen LogP contribution in [-0.4, -0.2) is 48.8 Å². The maximum Gasteiger partial charge on any atom is 0.304 e. The van der Waals surface area contributed by atoms with Crippen molar-refractivity contribution in [2.45, 2.75) is 43.9 Å². The van der Waals surface area contributed by atoms with Gasteiger partial charge in [-0.2, -0.15) is 0 Å². The highest BCUT2D eigenvalue weighted by molar-refractivity contribution is 5.66. The summed E-state index contributed by atoms with van der Waals surface area (Å²) >= 11 is 0. The number of allylic oxidation sites excluding steroid dienone is 1. The van der Waals surface area contributed by atoms with Gasteiger partial charge in [-0.05, 0) is 44.7 Å². The zero-order valence-electron chi connectivity index (χ0n) is 15.4. The molecule has 0 aliphatic carbocycles. The van der Waals surface area contributed by atoms with E-state index in [1.165, 1.54) is 5.56 Å². The van der Waals surface area contributed by atoms with Gasteiger partial charge in [0.05, 0.1) is 19.6 Å². The predicted molar refractivity (Wildman–Crippen MR) is 101 cm³/mol. The Hall–Kier alpha value is -2.01. The van der Waals surface area contributed by atoms with Crippen molar-refractivity contribution >= 4 is 5.97 Å². The minimum absolute atomic E-state index is 0.00538. The molecule has 3 rings (SSSR count). The monoisotopic (exact) mass is 359 g/mol. The molecule has 1 fully saturated rings. The molecule has 1 aromatic rings. The highest BCUT2D eigenvalue weighted by Crippen LogP contribution is 2.45. The second kappa shape index (κ2) is 8.58. The number of nitrogens with zero attached hydrogens (tertiary/aromatic N) is 1. The number of rotatable bonds is 9. The molecule has 2 heterocycles. The molecule has 0 radical (unpaired) electrons. The first-order chi connectivity index (χ1) is 12.6. The Bertz CT molecular complexity index is 645. The summed E-state index contributed by atoms with van der Waals surface area (Å²) in [6, 6.07) is 6.19. The van der Waals surface area contributed by atoms with E-state index in [4.69, 9.17) is 14.6 Å². The summed E-state index contributed by atoms with van der Waals surface area (Å²) in [5.41, 5.74) is 1.24. The van der Waals surface area contributed by atoms with Crippen molar-refractivity contribution in [1.29, 1.82) is 0 Å². The van der Waals surface area contributed by atoms with E-state index < -0.39 is 5.97 Å². The maximum atomic E-state index is 10.9. The highest BCUT2D eigenvalue weighted by atomic mass is 16.5. The SMILES string of the molecule is C=CCCCCOc1ccc2c(c1)OCC21CCCN(CCC(=O)O)C1. The lowest BCUT2D eigenvalue weighted by atomic mass is 9.75. The van der Waals surface area contributed by atoms with E-state index in [1.54, 1.807) is 0 Å². The molecule has 0 bridgehead atoms. The fourth-order valence-electron chi connectivity index (χ4n) is 4.03. The molecule has 0 amide bonds. The second-order valence-electron chi connectivity index (χ2n) is 7.38. The number of likely N-dealkylation sites (tertiary alicyclic amines) is 1. The van der Waals surface area contributed by atoms with Crippen LogP contribution < -0.4 is 9.47 Å². The summed E-state index contributed by atoms with van der Waals surface area (Å²) in [5.74, 6) is 1.05. The standard InChI is InChI=1S/C21H29NO4/c1-2-3-4-5-13-25-17-7-8-18-19(14-17)26-16-21(18)10-6-11-22(15-21)12-9-20(23)24/h2,7-8,14H,1,3-6,9-13,15-16H2,(H,23,24). The van der Waals surface area contributed by atoms with Crippen LogP contribution in [0.15, 0.2) is 30.9 Å². The number of unbranched alkanes of at least 4 members (excludes halogenated alkanes) is 2. The summed E-state index contributed by atoms with van der Waals surface area (Å²) < 4.78 is 11.9. The molecule has 1 unspecified atom stereocenters. The molecular formula is C21H29NO4. The molecule has 5 heteroatoms. The Balaban J connectivity index is 1.61. The van der Waals surface area contributed by atoms with E-state index in [0.717, 1.165) is 56.7 Å². The molecule has 1 saturated heterocycles. The summed E-state index contributed by atoms with van der Waals surface area (Å²) in [6.07, 6.45) is 7.44. The number of carboxylic acid groups (broad SMARTS) is 1. The van der Waals surface area contributed by atoms with Crippen molar-refractivity contribution in [2.24, 2.45) is 0 Å². The highest BCUT2D eigenvalue weighted by Gasteiger charge is 2.43. The quantitative estimate of drug-likeness (QED) is 0.539. The Kier molecular flexibility index (Phi) is 6.20. The van der Waals surface area contributed by atoms with Crippen LogP contribution in [0.3, 0.4) is 0 Å². The van der Waals surface area contributed by atoms with E-state index in [2.05, 4.69) is 17.5 Å². The molecule has 2 aliphatic rings. The molecule has 1 N–H and O–H groups in total. The van der Waals surface area contributed by atoms with Gasteiger partial charge in [-0.25, -0.2) is 0 Å². The number of hydrogen-bond donors (Lipinski definition) is 1. The molecule has 1 atom stereocenters. The van der Waals surface area contributed by atoms with Crippen LogP contribution in [0.25, 0.3) is 0 Å². The van der Waals surface area contributed by atoms with Crippen LogP contribution in [0.4, 0.5) is 0 Å². The van der Waals surface area contributed by atoms with E-state index in [-0.39, 0.29) is 11.8 Å². The Labute approximate surface area is 155 Å². The average molecular weight is 359 g/mol. The maximum absolute atomic E-state index is 10.9. The van der Waals surface area contributed by atoms with Crippen molar-refractivity contribution in [3.8, 4) is 11.5 Å². The van der Waals surface area contributed by atoms with Gasteiger partial charge in [0.1, 0.15) is 11.5 Å². The molecule has 0 aromatic heterocycles. The fraction of sp³-hybridized carbons (Fsp3) is 0.571. The summed E-state index contributed by atoms with van der Waals surface area (Å²) in [6.45, 7) is 7.57. The van der Waals surface area contributed by atoms with Gasteiger partial charge in [-0.1, -0.05) is 12.1 Å². The van der Waals surface area contributed by atoms with E-state index in [0.29, 0.717) is 19.8 Å². The molecule has 1 aromatic carbocycles. The molecule has 1 spiro atoms. The summed E-state index contributed by atoms with van der Waals surface area (Å²) in [7, 11) is 0. The van der Waals surface area contributed by atoms with E-state index in [1.807, 2.05) is 18.2 Å².